The molecule has 0 amide bonds. The molecule has 0 aliphatic carbocycles. The molecular formula is C18H21NO4. The van der Waals surface area contributed by atoms with E-state index in [4.69, 9.17) is 4.74 Å². The average Bonchev–Trinajstić information content (AvgIpc) is 2.50. The smallest absolute Gasteiger partial charge is 0.342 e. The SMILES string of the molecule is C/N=C1\C=C\CC/C=C/CCOC(=O)c2c(O)cc(O)cc2C1. The molecule has 1 aliphatic rings. The fourth-order valence-corrected chi connectivity index (χ4v) is 2.39. The number of aromatic hydroxyl groups is 2. The molecule has 23 heavy (non-hydrogen) atoms. The normalized spacial score (nSPS) is 21.1. The van der Waals surface area contributed by atoms with Crippen molar-refractivity contribution in [1.29, 1.82) is 0 Å². The molecule has 0 saturated carbocycles. The summed E-state index contributed by atoms with van der Waals surface area (Å²) in [5.74, 6) is -0.980. The van der Waals surface area contributed by atoms with Crippen molar-refractivity contribution in [1.82, 2.24) is 0 Å². The molecule has 0 spiro atoms. The van der Waals surface area contributed by atoms with Gasteiger partial charge in [-0.25, -0.2) is 4.79 Å². The van der Waals surface area contributed by atoms with E-state index in [0.29, 0.717) is 18.4 Å². The van der Waals surface area contributed by atoms with E-state index in [9.17, 15) is 15.0 Å². The molecule has 1 aliphatic heterocycles. The van der Waals surface area contributed by atoms with Crippen LogP contribution in [0.3, 0.4) is 0 Å². The Morgan fingerprint density at radius 3 is 2.61 bits per heavy atom. The number of fused-ring (bicyclic) bond motifs is 1. The molecule has 2 N–H and O–H groups in total. The Bertz CT molecular complexity index is 659. The van der Waals surface area contributed by atoms with Gasteiger partial charge in [-0.2, -0.15) is 0 Å². The van der Waals surface area contributed by atoms with Gasteiger partial charge in [-0.3, -0.25) is 4.99 Å². The number of ether oxygens (including phenoxy) is 1. The van der Waals surface area contributed by atoms with Crippen LogP contribution < -0.4 is 0 Å². The number of nitrogens with zero attached hydrogens (tertiary/aromatic N) is 1. The minimum absolute atomic E-state index is 0.0818. The van der Waals surface area contributed by atoms with Gasteiger partial charge in [0.05, 0.1) is 6.61 Å². The molecule has 1 heterocycles. The van der Waals surface area contributed by atoms with Crippen LogP contribution in [0, 0.1) is 0 Å². The van der Waals surface area contributed by atoms with Crippen LogP contribution in [0.2, 0.25) is 0 Å². The molecule has 2 rings (SSSR count). The minimum atomic E-state index is -0.595. The maximum Gasteiger partial charge on any atom is 0.342 e. The van der Waals surface area contributed by atoms with Gasteiger partial charge in [0.25, 0.3) is 0 Å². The molecule has 1 aromatic rings. The number of phenolic OH excluding ortho intramolecular Hbond substituents is 2. The number of rotatable bonds is 0. The molecule has 5 nitrogen and oxygen atoms in total. The highest BCUT2D eigenvalue weighted by molar-refractivity contribution is 6.00. The van der Waals surface area contributed by atoms with Gasteiger partial charge in [0.15, 0.2) is 0 Å². The lowest BCUT2D eigenvalue weighted by Crippen LogP contribution is -2.12. The number of benzene rings is 1. The molecule has 0 radical (unpaired) electrons. The van der Waals surface area contributed by atoms with E-state index in [1.165, 1.54) is 6.07 Å². The van der Waals surface area contributed by atoms with Crippen LogP contribution in [0.15, 0.2) is 41.4 Å². The Balaban J connectivity index is 2.41. The standard InChI is InChI=1S/C18H21NO4/c1-19-14-8-6-4-2-3-5-7-9-23-18(22)17-13(10-14)11-15(20)12-16(17)21/h3,5-6,8,11-12,20-21H,2,4,7,9-10H2,1H3/b5-3+,8-6+,19-14+. The van der Waals surface area contributed by atoms with Gasteiger partial charge in [0, 0.05) is 25.2 Å². The zero-order valence-corrected chi connectivity index (χ0v) is 13.2. The molecule has 5 heteroatoms. The van der Waals surface area contributed by atoms with Crippen LogP contribution in [0.4, 0.5) is 0 Å². The van der Waals surface area contributed by atoms with Crippen LogP contribution in [0.5, 0.6) is 11.5 Å². The van der Waals surface area contributed by atoms with Crippen molar-refractivity contribution in [2.75, 3.05) is 13.7 Å². The van der Waals surface area contributed by atoms with Crippen molar-refractivity contribution >= 4 is 11.7 Å². The number of hydrogen-bond donors (Lipinski definition) is 2. The number of phenols is 2. The number of carbonyl (C=O) groups is 1. The first-order valence-corrected chi connectivity index (χ1v) is 7.61. The molecular weight excluding hydrogens is 294 g/mol. The summed E-state index contributed by atoms with van der Waals surface area (Å²) in [5.41, 5.74) is 1.33. The third-order valence-electron chi connectivity index (χ3n) is 3.54. The average molecular weight is 315 g/mol. The summed E-state index contributed by atoms with van der Waals surface area (Å²) in [4.78, 5) is 16.5. The highest BCUT2D eigenvalue weighted by Gasteiger charge is 2.20. The second kappa shape index (κ2) is 8.17. The summed E-state index contributed by atoms with van der Waals surface area (Å²) < 4.78 is 5.21. The first-order chi connectivity index (χ1) is 11.1. The van der Waals surface area contributed by atoms with E-state index in [1.807, 2.05) is 18.2 Å². The predicted molar refractivity (Wildman–Crippen MR) is 89.2 cm³/mol. The van der Waals surface area contributed by atoms with Gasteiger partial charge in [-0.1, -0.05) is 18.2 Å². The van der Waals surface area contributed by atoms with Crippen LogP contribution in [-0.4, -0.2) is 35.5 Å². The van der Waals surface area contributed by atoms with Gasteiger partial charge in [0.2, 0.25) is 0 Å². The van der Waals surface area contributed by atoms with Crippen LogP contribution in [-0.2, 0) is 11.2 Å². The third-order valence-corrected chi connectivity index (χ3v) is 3.54. The first kappa shape index (κ1) is 16.8. The number of cyclic esters (lactones) is 1. The lowest BCUT2D eigenvalue weighted by molar-refractivity contribution is 0.0507. The van der Waals surface area contributed by atoms with E-state index in [1.54, 1.807) is 7.05 Å². The van der Waals surface area contributed by atoms with Crippen molar-refractivity contribution in [2.24, 2.45) is 4.99 Å². The maximum absolute atomic E-state index is 12.3. The van der Waals surface area contributed by atoms with Crippen molar-refractivity contribution in [3.8, 4) is 11.5 Å². The van der Waals surface area contributed by atoms with Gasteiger partial charge >= 0.3 is 5.97 Å². The van der Waals surface area contributed by atoms with Gasteiger partial charge in [0.1, 0.15) is 17.1 Å². The number of carbonyl (C=O) groups excluding carboxylic acids is 1. The van der Waals surface area contributed by atoms with Crippen molar-refractivity contribution in [2.45, 2.75) is 25.7 Å². The van der Waals surface area contributed by atoms with Crippen molar-refractivity contribution in [3.05, 3.63) is 47.6 Å². The fraction of sp³-hybridized carbons (Fsp3) is 0.333. The summed E-state index contributed by atoms with van der Waals surface area (Å²) in [6, 6.07) is 2.60. The van der Waals surface area contributed by atoms with E-state index in [0.717, 1.165) is 24.6 Å². The summed E-state index contributed by atoms with van der Waals surface area (Å²) in [6.07, 6.45) is 10.7. The maximum atomic E-state index is 12.3. The summed E-state index contributed by atoms with van der Waals surface area (Å²) >= 11 is 0. The zero-order valence-electron chi connectivity index (χ0n) is 13.2. The Kier molecular flexibility index (Phi) is 5.97. The third kappa shape index (κ3) is 4.71. The molecule has 0 aromatic heterocycles. The predicted octanol–water partition coefficient (Wildman–Crippen LogP) is 3.16. The Hall–Kier alpha value is -2.56. The topological polar surface area (TPSA) is 79.1 Å². The molecule has 0 fully saturated rings. The van der Waals surface area contributed by atoms with Crippen LogP contribution in [0.1, 0.15) is 35.2 Å². The second-order valence-corrected chi connectivity index (χ2v) is 5.27. The monoisotopic (exact) mass is 315 g/mol. The lowest BCUT2D eigenvalue weighted by Gasteiger charge is -2.12. The summed E-state index contributed by atoms with van der Waals surface area (Å²) in [6.45, 7) is 0.250. The Morgan fingerprint density at radius 1 is 1.09 bits per heavy atom. The lowest BCUT2D eigenvalue weighted by atomic mass is 9.99. The van der Waals surface area contributed by atoms with E-state index in [-0.39, 0.29) is 23.7 Å². The molecule has 0 saturated heterocycles. The molecule has 0 bridgehead atoms. The summed E-state index contributed by atoms with van der Waals surface area (Å²) in [5, 5.41) is 19.7. The van der Waals surface area contributed by atoms with Crippen molar-refractivity contribution in [3.63, 3.8) is 0 Å². The largest absolute Gasteiger partial charge is 0.508 e. The molecule has 122 valence electrons. The molecule has 0 atom stereocenters. The minimum Gasteiger partial charge on any atom is -0.508 e. The number of esters is 1. The molecule has 0 unspecified atom stereocenters. The number of hydrogen-bond acceptors (Lipinski definition) is 5. The second-order valence-electron chi connectivity index (χ2n) is 5.27. The van der Waals surface area contributed by atoms with Crippen molar-refractivity contribution < 1.29 is 19.7 Å². The van der Waals surface area contributed by atoms with E-state index >= 15 is 0 Å². The molecule has 1 aromatic carbocycles. The van der Waals surface area contributed by atoms with Crippen LogP contribution >= 0.6 is 0 Å². The number of allylic oxidation sites excluding steroid dienone is 3. The quantitative estimate of drug-likeness (QED) is 0.569. The Morgan fingerprint density at radius 2 is 1.83 bits per heavy atom. The highest BCUT2D eigenvalue weighted by Crippen LogP contribution is 2.29. The fourth-order valence-electron chi connectivity index (χ4n) is 2.39. The van der Waals surface area contributed by atoms with Crippen LogP contribution in [0.25, 0.3) is 0 Å². The van der Waals surface area contributed by atoms with Gasteiger partial charge < -0.3 is 14.9 Å². The van der Waals surface area contributed by atoms with E-state index < -0.39 is 5.97 Å². The Labute approximate surface area is 135 Å². The zero-order chi connectivity index (χ0) is 16.7. The van der Waals surface area contributed by atoms with Gasteiger partial charge in [-0.05, 0) is 37.0 Å². The highest BCUT2D eigenvalue weighted by atomic mass is 16.5. The van der Waals surface area contributed by atoms with Gasteiger partial charge in [-0.15, -0.1) is 0 Å². The first-order valence-electron chi connectivity index (χ1n) is 7.61. The van der Waals surface area contributed by atoms with E-state index in [2.05, 4.69) is 11.1 Å². The summed E-state index contributed by atoms with van der Waals surface area (Å²) in [7, 11) is 1.67. The number of aliphatic imine (C=N–C) groups is 1.